The average molecular weight is 389 g/mol. The van der Waals surface area contributed by atoms with Gasteiger partial charge in [-0.3, -0.25) is 14.0 Å². The summed E-state index contributed by atoms with van der Waals surface area (Å²) in [6.07, 6.45) is 6.38. The molecule has 0 saturated heterocycles. The Morgan fingerprint density at radius 3 is 2.93 bits per heavy atom. The van der Waals surface area contributed by atoms with Crippen molar-refractivity contribution in [2.45, 2.75) is 19.4 Å². The maximum Gasteiger partial charge on any atom is 0.264 e. The number of hydrogen-bond donors (Lipinski definition) is 1. The van der Waals surface area contributed by atoms with E-state index in [9.17, 15) is 9.18 Å². The molecule has 1 atom stereocenters. The van der Waals surface area contributed by atoms with Crippen molar-refractivity contribution in [1.29, 1.82) is 0 Å². The molecule has 29 heavy (non-hydrogen) atoms. The highest BCUT2D eigenvalue weighted by atomic mass is 19.1. The molecule has 7 heteroatoms. The SMILES string of the molecule is CC1CC(n2ccc3nc(-c4cc(F)c5nn(C)cc5c4)ccc3c2=O)=CCN1. The Balaban J connectivity index is 1.60. The lowest BCUT2D eigenvalue weighted by molar-refractivity contribution is 0.566. The first-order valence-electron chi connectivity index (χ1n) is 9.58. The van der Waals surface area contributed by atoms with E-state index in [1.54, 1.807) is 40.8 Å². The monoisotopic (exact) mass is 389 g/mol. The van der Waals surface area contributed by atoms with Gasteiger partial charge >= 0.3 is 0 Å². The van der Waals surface area contributed by atoms with Crippen LogP contribution >= 0.6 is 0 Å². The number of rotatable bonds is 2. The predicted octanol–water partition coefficient (Wildman–Crippen LogP) is 3.31. The Labute approximate surface area is 166 Å². The molecule has 1 aliphatic heterocycles. The third kappa shape index (κ3) is 3.03. The average Bonchev–Trinajstić information content (AvgIpc) is 3.09. The number of halogens is 1. The van der Waals surface area contributed by atoms with Gasteiger partial charge in [0, 0.05) is 55.1 Å². The van der Waals surface area contributed by atoms with Gasteiger partial charge in [0.2, 0.25) is 0 Å². The molecule has 0 bridgehead atoms. The van der Waals surface area contributed by atoms with Crippen LogP contribution in [0.2, 0.25) is 0 Å². The van der Waals surface area contributed by atoms with Crippen molar-refractivity contribution in [3.8, 4) is 11.3 Å². The zero-order valence-corrected chi connectivity index (χ0v) is 16.2. The number of nitrogens with zero attached hydrogens (tertiary/aromatic N) is 4. The van der Waals surface area contributed by atoms with Crippen LogP contribution in [-0.4, -0.2) is 31.9 Å². The van der Waals surface area contributed by atoms with Gasteiger partial charge in [0.1, 0.15) is 5.52 Å². The summed E-state index contributed by atoms with van der Waals surface area (Å²) in [4.78, 5) is 17.6. The summed E-state index contributed by atoms with van der Waals surface area (Å²) in [5, 5.41) is 8.74. The minimum atomic E-state index is -0.387. The third-order valence-electron chi connectivity index (χ3n) is 5.36. The second kappa shape index (κ2) is 6.63. The Bertz CT molecular complexity index is 1350. The zero-order valence-electron chi connectivity index (χ0n) is 16.2. The first-order chi connectivity index (χ1) is 14.0. The van der Waals surface area contributed by atoms with Crippen LogP contribution in [0.25, 0.3) is 38.8 Å². The number of pyridine rings is 2. The Morgan fingerprint density at radius 1 is 1.24 bits per heavy atom. The van der Waals surface area contributed by atoms with Crippen LogP contribution in [0.15, 0.2) is 53.6 Å². The summed E-state index contributed by atoms with van der Waals surface area (Å²) in [5.41, 5.74) is 3.12. The molecule has 0 fully saturated rings. The molecular weight excluding hydrogens is 369 g/mol. The van der Waals surface area contributed by atoms with Gasteiger partial charge < -0.3 is 5.32 Å². The Hall–Kier alpha value is -3.32. The molecule has 4 heterocycles. The fourth-order valence-electron chi connectivity index (χ4n) is 3.92. The summed E-state index contributed by atoms with van der Waals surface area (Å²) >= 11 is 0. The Kier molecular flexibility index (Phi) is 4.06. The lowest BCUT2D eigenvalue weighted by Crippen LogP contribution is -2.33. The molecule has 1 aromatic carbocycles. The van der Waals surface area contributed by atoms with Crippen molar-refractivity contribution < 1.29 is 4.39 Å². The molecule has 0 saturated carbocycles. The van der Waals surface area contributed by atoms with Crippen molar-refractivity contribution in [1.82, 2.24) is 24.6 Å². The molecule has 1 unspecified atom stereocenters. The van der Waals surface area contributed by atoms with Crippen LogP contribution in [0.3, 0.4) is 0 Å². The van der Waals surface area contributed by atoms with Crippen LogP contribution in [0.1, 0.15) is 13.3 Å². The van der Waals surface area contributed by atoms with Crippen LogP contribution in [-0.2, 0) is 7.05 Å². The van der Waals surface area contributed by atoms with E-state index in [4.69, 9.17) is 0 Å². The maximum atomic E-state index is 14.4. The van der Waals surface area contributed by atoms with E-state index in [-0.39, 0.29) is 11.4 Å². The smallest absolute Gasteiger partial charge is 0.264 e. The molecule has 1 N–H and O–H groups in total. The second-order valence-electron chi connectivity index (χ2n) is 7.53. The predicted molar refractivity (Wildman–Crippen MR) is 112 cm³/mol. The molecule has 0 amide bonds. The number of aryl methyl sites for hydroxylation is 1. The quantitative estimate of drug-likeness (QED) is 0.571. The van der Waals surface area contributed by atoms with E-state index in [2.05, 4.69) is 22.3 Å². The summed E-state index contributed by atoms with van der Waals surface area (Å²) in [6, 6.07) is 9.01. The van der Waals surface area contributed by atoms with Gasteiger partial charge in [-0.1, -0.05) is 6.08 Å². The molecule has 5 rings (SSSR count). The van der Waals surface area contributed by atoms with E-state index in [1.807, 2.05) is 18.2 Å². The first kappa shape index (κ1) is 17.8. The first-order valence-corrected chi connectivity index (χ1v) is 9.58. The van der Waals surface area contributed by atoms with Crippen molar-refractivity contribution in [2.24, 2.45) is 7.05 Å². The summed E-state index contributed by atoms with van der Waals surface area (Å²) in [5.74, 6) is -0.387. The van der Waals surface area contributed by atoms with Gasteiger partial charge in [-0.05, 0) is 37.3 Å². The molecular formula is C22H20FN5O. The highest BCUT2D eigenvalue weighted by molar-refractivity contribution is 5.86. The van der Waals surface area contributed by atoms with Gasteiger partial charge in [-0.15, -0.1) is 0 Å². The highest BCUT2D eigenvalue weighted by Crippen LogP contribution is 2.26. The van der Waals surface area contributed by atoms with E-state index in [0.717, 1.165) is 18.7 Å². The van der Waals surface area contributed by atoms with Gasteiger partial charge in [0.25, 0.3) is 5.56 Å². The largest absolute Gasteiger partial charge is 0.310 e. The van der Waals surface area contributed by atoms with E-state index < -0.39 is 0 Å². The molecule has 146 valence electrons. The fourth-order valence-corrected chi connectivity index (χ4v) is 3.92. The van der Waals surface area contributed by atoms with Crippen molar-refractivity contribution in [3.05, 3.63) is 65.0 Å². The maximum absolute atomic E-state index is 14.4. The van der Waals surface area contributed by atoms with Crippen LogP contribution in [0, 0.1) is 5.82 Å². The van der Waals surface area contributed by atoms with Gasteiger partial charge in [0.05, 0.1) is 16.6 Å². The molecule has 0 spiro atoms. The van der Waals surface area contributed by atoms with E-state index >= 15 is 0 Å². The van der Waals surface area contributed by atoms with Gasteiger partial charge in [-0.2, -0.15) is 5.10 Å². The normalized spacial score (nSPS) is 17.1. The number of fused-ring (bicyclic) bond motifs is 2. The molecule has 4 aromatic rings. The number of aromatic nitrogens is 4. The summed E-state index contributed by atoms with van der Waals surface area (Å²) in [6.45, 7) is 2.85. The van der Waals surface area contributed by atoms with Crippen molar-refractivity contribution >= 4 is 27.5 Å². The number of benzene rings is 1. The highest BCUT2D eigenvalue weighted by Gasteiger charge is 2.15. The standard InChI is InChI=1S/C22H20FN5O/c1-13-9-16(5-7-24-13)28-8-6-20-17(22(28)29)3-4-19(25-20)14-10-15-12-27(2)26-21(15)18(23)11-14/h3-6,8,10-13,24H,7,9H2,1-2H3. The zero-order chi connectivity index (χ0) is 20.1. The lowest BCUT2D eigenvalue weighted by Gasteiger charge is -2.22. The Morgan fingerprint density at radius 2 is 2.10 bits per heavy atom. The molecule has 0 aliphatic carbocycles. The molecule has 0 radical (unpaired) electrons. The summed E-state index contributed by atoms with van der Waals surface area (Å²) in [7, 11) is 1.76. The minimum absolute atomic E-state index is 0.0872. The van der Waals surface area contributed by atoms with Crippen LogP contribution in [0.4, 0.5) is 4.39 Å². The minimum Gasteiger partial charge on any atom is -0.310 e. The number of nitrogens with one attached hydrogen (secondary N) is 1. The molecule has 3 aromatic heterocycles. The fraction of sp³-hybridized carbons (Fsp3) is 0.227. The van der Waals surface area contributed by atoms with Crippen molar-refractivity contribution in [2.75, 3.05) is 6.54 Å². The van der Waals surface area contributed by atoms with Gasteiger partial charge in [0.15, 0.2) is 5.82 Å². The number of hydrogen-bond acceptors (Lipinski definition) is 4. The molecule has 6 nitrogen and oxygen atoms in total. The van der Waals surface area contributed by atoms with E-state index in [1.165, 1.54) is 6.07 Å². The topological polar surface area (TPSA) is 64.7 Å². The third-order valence-corrected chi connectivity index (χ3v) is 5.36. The van der Waals surface area contributed by atoms with Crippen LogP contribution in [0.5, 0.6) is 0 Å². The summed E-state index contributed by atoms with van der Waals surface area (Å²) < 4.78 is 17.7. The second-order valence-corrected chi connectivity index (χ2v) is 7.53. The van der Waals surface area contributed by atoms with E-state index in [0.29, 0.717) is 39.1 Å². The molecule has 1 aliphatic rings. The van der Waals surface area contributed by atoms with Crippen LogP contribution < -0.4 is 10.9 Å². The van der Waals surface area contributed by atoms with Crippen molar-refractivity contribution in [3.63, 3.8) is 0 Å². The lowest BCUT2D eigenvalue weighted by atomic mass is 10.1. The van der Waals surface area contributed by atoms with Gasteiger partial charge in [-0.25, -0.2) is 9.37 Å².